The Bertz CT molecular complexity index is 702. The van der Waals surface area contributed by atoms with Crippen LogP contribution in [0.4, 0.5) is 0 Å². The van der Waals surface area contributed by atoms with Crippen molar-refractivity contribution in [2.45, 2.75) is 39.5 Å². The van der Waals surface area contributed by atoms with E-state index < -0.39 is 0 Å². The summed E-state index contributed by atoms with van der Waals surface area (Å²) in [7, 11) is 0. The van der Waals surface area contributed by atoms with Crippen molar-refractivity contribution in [1.82, 2.24) is 9.97 Å². The van der Waals surface area contributed by atoms with E-state index >= 15 is 0 Å². The highest BCUT2D eigenvalue weighted by molar-refractivity contribution is 7.16. The molecule has 0 amide bonds. The zero-order chi connectivity index (χ0) is 15.0. The Morgan fingerprint density at radius 2 is 2.19 bits per heavy atom. The first kappa shape index (κ1) is 14.5. The van der Waals surface area contributed by atoms with Gasteiger partial charge < -0.3 is 0 Å². The summed E-state index contributed by atoms with van der Waals surface area (Å²) < 4.78 is 0. The predicted molar refractivity (Wildman–Crippen MR) is 83.8 cm³/mol. The highest BCUT2D eigenvalue weighted by Crippen LogP contribution is 2.31. The number of carbonyl (C=O) groups excluding carboxylic acids is 2. The molecule has 1 aliphatic rings. The fourth-order valence-corrected chi connectivity index (χ4v) is 4.40. The first-order valence-corrected chi connectivity index (χ1v) is 8.65. The van der Waals surface area contributed by atoms with E-state index in [0.29, 0.717) is 25.7 Å². The van der Waals surface area contributed by atoms with Crippen LogP contribution in [0, 0.1) is 19.8 Å². The lowest BCUT2D eigenvalue weighted by atomic mass is 10.0. The van der Waals surface area contributed by atoms with Gasteiger partial charge in [-0.25, -0.2) is 9.97 Å². The molecule has 0 bridgehead atoms. The van der Waals surface area contributed by atoms with Crippen molar-refractivity contribution < 1.29 is 9.59 Å². The molecule has 0 N–H and O–H groups in total. The first-order valence-electron chi connectivity index (χ1n) is 6.96. The van der Waals surface area contributed by atoms with Crippen molar-refractivity contribution in [3.8, 4) is 10.6 Å². The topological polar surface area (TPSA) is 59.9 Å². The second kappa shape index (κ2) is 5.77. The van der Waals surface area contributed by atoms with Crippen LogP contribution in [0.3, 0.4) is 0 Å². The first-order chi connectivity index (χ1) is 10.0. The van der Waals surface area contributed by atoms with Crippen LogP contribution in [-0.2, 0) is 16.0 Å². The number of nitrogens with zero attached hydrogens (tertiary/aromatic N) is 2. The Labute approximate surface area is 131 Å². The summed E-state index contributed by atoms with van der Waals surface area (Å²) in [5, 5.41) is 3.85. The van der Waals surface area contributed by atoms with Crippen LogP contribution in [0.5, 0.6) is 0 Å². The second-order valence-corrected chi connectivity index (χ2v) is 7.54. The van der Waals surface area contributed by atoms with Gasteiger partial charge in [-0.1, -0.05) is 0 Å². The summed E-state index contributed by atoms with van der Waals surface area (Å²) in [6.07, 6.45) is 2.03. The third-order valence-electron chi connectivity index (χ3n) is 3.71. The van der Waals surface area contributed by atoms with Crippen molar-refractivity contribution in [2.75, 3.05) is 0 Å². The number of aryl methyl sites for hydroxylation is 2. The Balaban J connectivity index is 1.72. The lowest BCUT2D eigenvalue weighted by molar-refractivity contribution is -0.124. The van der Waals surface area contributed by atoms with Crippen LogP contribution >= 0.6 is 22.7 Å². The van der Waals surface area contributed by atoms with E-state index in [1.165, 1.54) is 11.3 Å². The lowest BCUT2D eigenvalue weighted by Crippen LogP contribution is -2.14. The van der Waals surface area contributed by atoms with Gasteiger partial charge in [-0.15, -0.1) is 22.7 Å². The van der Waals surface area contributed by atoms with Gasteiger partial charge in [0.25, 0.3) is 0 Å². The maximum Gasteiger partial charge on any atom is 0.143 e. The van der Waals surface area contributed by atoms with Crippen LogP contribution in [0.2, 0.25) is 0 Å². The molecule has 1 fully saturated rings. The monoisotopic (exact) mass is 320 g/mol. The molecule has 3 rings (SSSR count). The Hall–Kier alpha value is -1.40. The lowest BCUT2D eigenvalue weighted by Gasteiger charge is -2.04. The number of thiazole rings is 2. The van der Waals surface area contributed by atoms with Gasteiger partial charge in [0.05, 0.1) is 27.7 Å². The molecule has 2 aromatic rings. The van der Waals surface area contributed by atoms with Crippen molar-refractivity contribution in [3.63, 3.8) is 0 Å². The maximum absolute atomic E-state index is 12.2. The number of hydrogen-bond donors (Lipinski definition) is 0. The van der Waals surface area contributed by atoms with Gasteiger partial charge in [0.15, 0.2) is 0 Å². The fourth-order valence-electron chi connectivity index (χ4n) is 2.65. The van der Waals surface area contributed by atoms with Crippen LogP contribution in [-0.4, -0.2) is 21.5 Å². The minimum atomic E-state index is -0.0859. The van der Waals surface area contributed by atoms with Crippen LogP contribution < -0.4 is 0 Å². The molecule has 21 heavy (non-hydrogen) atoms. The molecule has 110 valence electrons. The molecule has 0 aliphatic heterocycles. The highest BCUT2D eigenvalue weighted by atomic mass is 32.1. The van der Waals surface area contributed by atoms with Gasteiger partial charge in [-0.05, 0) is 20.3 Å². The molecular weight excluding hydrogens is 304 g/mol. The third kappa shape index (κ3) is 3.11. The number of ketones is 2. The van der Waals surface area contributed by atoms with Gasteiger partial charge in [0, 0.05) is 24.1 Å². The summed E-state index contributed by atoms with van der Waals surface area (Å²) in [5.41, 5.74) is 1.90. The largest absolute Gasteiger partial charge is 0.300 e. The van der Waals surface area contributed by atoms with E-state index in [1.54, 1.807) is 11.3 Å². The molecule has 4 nitrogen and oxygen atoms in total. The van der Waals surface area contributed by atoms with Gasteiger partial charge in [-0.3, -0.25) is 9.59 Å². The summed E-state index contributed by atoms with van der Waals surface area (Å²) in [6.45, 7) is 3.96. The van der Waals surface area contributed by atoms with Gasteiger partial charge in [-0.2, -0.15) is 0 Å². The third-order valence-corrected chi connectivity index (χ3v) is 5.66. The predicted octanol–water partition coefficient (Wildman–Crippen LogP) is 3.36. The molecule has 0 spiro atoms. The Morgan fingerprint density at radius 1 is 1.38 bits per heavy atom. The number of aromatic nitrogens is 2. The van der Waals surface area contributed by atoms with Crippen LogP contribution in [0.15, 0.2) is 5.38 Å². The second-order valence-electron chi connectivity index (χ2n) is 5.40. The van der Waals surface area contributed by atoms with E-state index in [1.807, 2.05) is 19.2 Å². The van der Waals surface area contributed by atoms with Gasteiger partial charge >= 0.3 is 0 Å². The Morgan fingerprint density at radius 3 is 2.81 bits per heavy atom. The van der Waals surface area contributed by atoms with E-state index in [2.05, 4.69) is 9.97 Å². The van der Waals surface area contributed by atoms with E-state index in [0.717, 1.165) is 26.3 Å². The van der Waals surface area contributed by atoms with Crippen molar-refractivity contribution in [2.24, 2.45) is 5.92 Å². The molecule has 1 saturated carbocycles. The van der Waals surface area contributed by atoms with E-state index in [-0.39, 0.29) is 17.5 Å². The van der Waals surface area contributed by atoms with Crippen LogP contribution in [0.25, 0.3) is 10.6 Å². The molecular formula is C15H16N2O2S2. The summed E-state index contributed by atoms with van der Waals surface area (Å²) in [4.78, 5) is 33.5. The SMILES string of the molecule is Cc1nc(C)c(-c2csc(CC(=O)C3CCC(=O)C3)n2)s1. The van der Waals surface area contributed by atoms with Crippen molar-refractivity contribution >= 4 is 34.2 Å². The minimum absolute atomic E-state index is 0.0859. The zero-order valence-electron chi connectivity index (χ0n) is 12.0. The minimum Gasteiger partial charge on any atom is -0.300 e. The zero-order valence-corrected chi connectivity index (χ0v) is 13.6. The quantitative estimate of drug-likeness (QED) is 0.866. The molecule has 0 radical (unpaired) electrons. The molecule has 1 unspecified atom stereocenters. The van der Waals surface area contributed by atoms with Crippen LogP contribution in [0.1, 0.15) is 35.0 Å². The average Bonchev–Trinajstić information content (AvgIpc) is 3.10. The maximum atomic E-state index is 12.2. The molecule has 2 heterocycles. The number of rotatable bonds is 4. The summed E-state index contributed by atoms with van der Waals surface area (Å²) in [6, 6.07) is 0. The van der Waals surface area contributed by atoms with Crippen molar-refractivity contribution in [3.05, 3.63) is 21.1 Å². The Kier molecular flexibility index (Phi) is 3.99. The van der Waals surface area contributed by atoms with E-state index in [4.69, 9.17) is 0 Å². The fraction of sp³-hybridized carbons (Fsp3) is 0.467. The number of Topliss-reactive ketones (excluding diaryl/α,β-unsaturated/α-hetero) is 2. The molecule has 0 aromatic carbocycles. The number of carbonyl (C=O) groups is 2. The molecule has 1 atom stereocenters. The highest BCUT2D eigenvalue weighted by Gasteiger charge is 2.28. The molecule has 2 aromatic heterocycles. The smallest absolute Gasteiger partial charge is 0.143 e. The standard InChI is InChI=1S/C15H16N2O2S2/c1-8-15(21-9(2)16-8)12-7-20-14(17-12)6-13(19)10-3-4-11(18)5-10/h7,10H,3-6H2,1-2H3. The van der Waals surface area contributed by atoms with E-state index in [9.17, 15) is 9.59 Å². The summed E-state index contributed by atoms with van der Waals surface area (Å²) in [5.74, 6) is 0.278. The average molecular weight is 320 g/mol. The number of hydrogen-bond acceptors (Lipinski definition) is 6. The molecule has 1 aliphatic carbocycles. The normalized spacial score (nSPS) is 18.4. The molecule has 0 saturated heterocycles. The van der Waals surface area contributed by atoms with Gasteiger partial charge in [0.1, 0.15) is 16.6 Å². The van der Waals surface area contributed by atoms with Gasteiger partial charge in [0.2, 0.25) is 0 Å². The molecule has 6 heteroatoms. The summed E-state index contributed by atoms with van der Waals surface area (Å²) >= 11 is 3.14. The van der Waals surface area contributed by atoms with Crippen molar-refractivity contribution in [1.29, 1.82) is 0 Å².